The molecule has 30 heavy (non-hydrogen) atoms. The molecule has 0 spiro atoms. The van der Waals surface area contributed by atoms with Gasteiger partial charge in [0.1, 0.15) is 0 Å². The van der Waals surface area contributed by atoms with Crippen molar-refractivity contribution in [3.63, 3.8) is 0 Å². The Balaban J connectivity index is 2.12. The van der Waals surface area contributed by atoms with Crippen LogP contribution in [0.1, 0.15) is 78.6 Å². The van der Waals surface area contributed by atoms with Gasteiger partial charge in [-0.3, -0.25) is 0 Å². The summed E-state index contributed by atoms with van der Waals surface area (Å²) >= 11 is -2.50. The summed E-state index contributed by atoms with van der Waals surface area (Å²) < 4.78 is 5.35. The second-order valence-electron chi connectivity index (χ2n) is 11.7. The van der Waals surface area contributed by atoms with E-state index in [9.17, 15) is 10.2 Å². The topological polar surface area (TPSA) is 40.5 Å². The molecule has 0 amide bonds. The fourth-order valence-electron chi connectivity index (χ4n) is 6.97. The fourth-order valence-corrected chi connectivity index (χ4v) is 28.1. The zero-order valence-corrected chi connectivity index (χ0v) is 24.5. The molecule has 0 aromatic carbocycles. The molecule has 2 N–H and O–H groups in total. The van der Waals surface area contributed by atoms with Gasteiger partial charge in [0, 0.05) is 0 Å². The van der Waals surface area contributed by atoms with Crippen molar-refractivity contribution in [3.8, 4) is 0 Å². The third-order valence-electron chi connectivity index (χ3n) is 8.60. The van der Waals surface area contributed by atoms with E-state index in [1.165, 1.54) is 74.6 Å². The van der Waals surface area contributed by atoms with Gasteiger partial charge in [-0.25, -0.2) is 0 Å². The van der Waals surface area contributed by atoms with Gasteiger partial charge in [-0.1, -0.05) is 0 Å². The van der Waals surface area contributed by atoms with Crippen LogP contribution in [-0.4, -0.2) is 48.4 Å². The van der Waals surface area contributed by atoms with Gasteiger partial charge >= 0.3 is 192 Å². The molecule has 4 atom stereocenters. The third-order valence-corrected chi connectivity index (χ3v) is 27.9. The summed E-state index contributed by atoms with van der Waals surface area (Å²) in [5.74, 6) is 0.545. The van der Waals surface area contributed by atoms with E-state index in [1.54, 1.807) is 0 Å². The average Bonchev–Trinajstić information content (AvgIpc) is 2.72. The second-order valence-corrected chi connectivity index (χ2v) is 30.7. The van der Waals surface area contributed by atoms with E-state index in [2.05, 4.69) is 46.5 Å². The predicted molar refractivity (Wildman–Crippen MR) is 135 cm³/mol. The van der Waals surface area contributed by atoms with E-state index in [1.807, 2.05) is 0 Å². The summed E-state index contributed by atoms with van der Waals surface area (Å²) in [6.07, 6.45) is 13.4. The number of unbranched alkanes of at least 4 members (excludes halogenated alkanes) is 3. The molecule has 0 heterocycles. The van der Waals surface area contributed by atoms with Crippen molar-refractivity contribution in [1.82, 2.24) is 0 Å². The van der Waals surface area contributed by atoms with Gasteiger partial charge in [-0.05, 0) is 0 Å². The van der Waals surface area contributed by atoms with E-state index >= 15 is 0 Å². The minimum atomic E-state index is -2.50. The summed E-state index contributed by atoms with van der Waals surface area (Å²) in [4.78, 5) is 0. The number of rotatable bonds is 11. The first-order valence-electron chi connectivity index (χ1n) is 13.0. The Labute approximate surface area is 191 Å². The van der Waals surface area contributed by atoms with Crippen LogP contribution < -0.4 is 0 Å². The van der Waals surface area contributed by atoms with Crippen LogP contribution in [0.2, 0.25) is 36.9 Å². The molecule has 2 nitrogen and oxygen atoms in total. The van der Waals surface area contributed by atoms with Crippen LogP contribution in [0.4, 0.5) is 0 Å². The van der Waals surface area contributed by atoms with Crippen LogP contribution in [0, 0.1) is 5.92 Å². The number of allylic oxidation sites excluding steroid dienone is 1. The van der Waals surface area contributed by atoms with Gasteiger partial charge in [0.2, 0.25) is 0 Å². The quantitative estimate of drug-likeness (QED) is 0.272. The molecule has 3 rings (SSSR count). The van der Waals surface area contributed by atoms with Gasteiger partial charge < -0.3 is 0 Å². The van der Waals surface area contributed by atoms with Crippen molar-refractivity contribution < 1.29 is 10.2 Å². The molecular weight excluding hydrogens is 491 g/mol. The van der Waals surface area contributed by atoms with Crippen molar-refractivity contribution in [2.75, 3.05) is 0 Å². The maximum atomic E-state index is 11.5. The van der Waals surface area contributed by atoms with Crippen molar-refractivity contribution in [1.29, 1.82) is 0 Å². The molecule has 0 aromatic rings. The zero-order chi connectivity index (χ0) is 22.2. The van der Waals surface area contributed by atoms with Crippen LogP contribution >= 0.6 is 0 Å². The van der Waals surface area contributed by atoms with Gasteiger partial charge in [0.15, 0.2) is 0 Å². The summed E-state index contributed by atoms with van der Waals surface area (Å²) in [5.41, 5.74) is 1.64. The van der Waals surface area contributed by atoms with Gasteiger partial charge in [-0.2, -0.15) is 0 Å². The Morgan fingerprint density at radius 1 is 1.00 bits per heavy atom. The first-order chi connectivity index (χ1) is 14.2. The fraction of sp³-hybridized carbons (Fsp3) is 0.846. The van der Waals surface area contributed by atoms with Crippen LogP contribution in [0.3, 0.4) is 0 Å². The van der Waals surface area contributed by atoms with E-state index < -0.39 is 38.2 Å². The van der Waals surface area contributed by atoms with Gasteiger partial charge in [0.25, 0.3) is 0 Å². The predicted octanol–water partition coefficient (Wildman–Crippen LogP) is 7.23. The summed E-state index contributed by atoms with van der Waals surface area (Å²) in [6.45, 7) is 14.4. The number of aliphatic hydroxyl groups is 2. The molecule has 4 heteroatoms. The first-order valence-corrected chi connectivity index (χ1v) is 24.2. The Morgan fingerprint density at radius 3 is 2.00 bits per heavy atom. The molecule has 0 aliphatic heterocycles. The Hall–Kier alpha value is 0.416. The second kappa shape index (κ2) is 9.73. The molecule has 0 radical (unpaired) electrons. The van der Waals surface area contributed by atoms with Crippen molar-refractivity contribution in [2.24, 2.45) is 5.92 Å². The molecule has 0 aromatic heterocycles. The molecule has 0 unspecified atom stereocenters. The maximum absolute atomic E-state index is 11.5. The number of hydrogen-bond acceptors (Lipinski definition) is 2. The third kappa shape index (κ3) is 4.31. The first kappa shape index (κ1) is 25.0. The summed E-state index contributed by atoms with van der Waals surface area (Å²) in [5, 5.41) is 24.1. The van der Waals surface area contributed by atoms with E-state index in [4.69, 9.17) is 0 Å². The normalized spacial score (nSPS) is 31.3. The van der Waals surface area contributed by atoms with Crippen molar-refractivity contribution in [3.05, 3.63) is 22.4 Å². The standard InChI is InChI=1S/C14H21O2Si.3C4H9.Sn/c1-17(2,3)10-7-6-9-5-4-8-14(16)12(9)11(10)13(14)15;3*1-3-4-2;/h6-7,9,13,15-16H,4-5,8H2,1-3H3;3*1,3-4H2,2H3;/t9-,13-,14+;;;;/m0..../s1. The van der Waals surface area contributed by atoms with E-state index in [-0.39, 0.29) is 0 Å². The SMILES string of the molecule is CCC[CH2][Sn]([CH2]CCC)([CH2]CCC)[C@H]1C=C([Si](C)(C)C)C2=C3[C@H]1CCC[C@]3(O)[C@H]2O. The number of hydrogen-bond donors (Lipinski definition) is 2. The molecule has 3 aliphatic rings. The molecule has 0 bridgehead atoms. The summed E-state index contributed by atoms with van der Waals surface area (Å²) in [7, 11) is -1.58. The molecule has 1 saturated carbocycles. The molecule has 3 aliphatic carbocycles. The molecule has 0 saturated heterocycles. The van der Waals surface area contributed by atoms with Crippen molar-refractivity contribution in [2.45, 2.75) is 127 Å². The van der Waals surface area contributed by atoms with Gasteiger partial charge in [-0.15, -0.1) is 0 Å². The van der Waals surface area contributed by atoms with E-state index in [0.29, 0.717) is 5.92 Å². The summed E-state index contributed by atoms with van der Waals surface area (Å²) in [6, 6.07) is 0. The average molecular weight is 539 g/mol. The van der Waals surface area contributed by atoms with Gasteiger partial charge in [0.05, 0.1) is 0 Å². The van der Waals surface area contributed by atoms with Crippen molar-refractivity contribution >= 4 is 26.5 Å². The van der Waals surface area contributed by atoms with Crippen LogP contribution in [-0.2, 0) is 0 Å². The zero-order valence-electron chi connectivity index (χ0n) is 20.7. The van der Waals surface area contributed by atoms with Crippen LogP contribution in [0.5, 0.6) is 0 Å². The van der Waals surface area contributed by atoms with Crippen LogP contribution in [0.25, 0.3) is 0 Å². The Bertz CT molecular complexity index is 655. The molecular formula is C26H48O2SiSn. The molecule has 1 fully saturated rings. The Kier molecular flexibility index (Phi) is 8.12. The van der Waals surface area contributed by atoms with Crippen LogP contribution in [0.15, 0.2) is 22.4 Å². The minimum absolute atomic E-state index is 0.545. The Morgan fingerprint density at radius 2 is 1.53 bits per heavy atom. The molecule has 172 valence electrons. The number of aliphatic hydroxyl groups excluding tert-OH is 1. The monoisotopic (exact) mass is 540 g/mol. The van der Waals surface area contributed by atoms with E-state index in [0.717, 1.165) is 16.8 Å².